The SMILES string of the molecule is CC(=O)Nc1ccc(O)cc1.CN[C@@H](C)[C@@H](O)c1ccccc1. The first-order valence-corrected chi connectivity index (χ1v) is 7.41. The van der Waals surface area contributed by atoms with Crippen LogP contribution in [0.1, 0.15) is 25.5 Å². The number of carbonyl (C=O) groups excluding carboxylic acids is 1. The van der Waals surface area contributed by atoms with Gasteiger partial charge in [0.15, 0.2) is 0 Å². The largest absolute Gasteiger partial charge is 0.508 e. The number of likely N-dealkylation sites (N-methyl/N-ethyl adjacent to an activating group) is 1. The molecule has 0 unspecified atom stereocenters. The van der Waals surface area contributed by atoms with E-state index in [9.17, 15) is 9.90 Å². The number of anilines is 1. The molecule has 23 heavy (non-hydrogen) atoms. The van der Waals surface area contributed by atoms with E-state index in [2.05, 4.69) is 10.6 Å². The van der Waals surface area contributed by atoms with Gasteiger partial charge in [0.1, 0.15) is 5.75 Å². The minimum absolute atomic E-state index is 0.0902. The van der Waals surface area contributed by atoms with Crippen LogP contribution in [0.5, 0.6) is 5.75 Å². The molecule has 0 spiro atoms. The monoisotopic (exact) mass is 316 g/mol. The van der Waals surface area contributed by atoms with Crippen LogP contribution in [-0.2, 0) is 4.79 Å². The van der Waals surface area contributed by atoms with Crippen molar-refractivity contribution < 1.29 is 15.0 Å². The van der Waals surface area contributed by atoms with Crippen molar-refractivity contribution in [1.29, 1.82) is 0 Å². The Labute approximate surface area is 137 Å². The number of hydrogen-bond donors (Lipinski definition) is 4. The maximum absolute atomic E-state index is 10.5. The summed E-state index contributed by atoms with van der Waals surface area (Å²) in [4.78, 5) is 10.5. The van der Waals surface area contributed by atoms with Gasteiger partial charge in [-0.1, -0.05) is 30.3 Å². The number of nitrogens with one attached hydrogen (secondary N) is 2. The number of benzene rings is 2. The van der Waals surface area contributed by atoms with Crippen molar-refractivity contribution in [3.8, 4) is 5.75 Å². The molecule has 2 rings (SSSR count). The van der Waals surface area contributed by atoms with Gasteiger partial charge in [0, 0.05) is 18.7 Å². The standard InChI is InChI=1S/C10H15NO.C8H9NO2/c1-8(11-2)10(12)9-6-4-3-5-7-9;1-6(10)9-7-2-4-8(11)5-3-7/h3-8,10-12H,1-2H3;2-5,11H,1H3,(H,9,10)/t8-,10+;/m0./s1. The second kappa shape index (κ2) is 9.61. The van der Waals surface area contributed by atoms with Crippen LogP contribution >= 0.6 is 0 Å². The third-order valence-corrected chi connectivity index (χ3v) is 3.26. The minimum atomic E-state index is -0.420. The predicted molar refractivity (Wildman–Crippen MR) is 92.3 cm³/mol. The van der Waals surface area contributed by atoms with Crippen LogP contribution in [0.2, 0.25) is 0 Å². The Balaban J connectivity index is 0.000000231. The van der Waals surface area contributed by atoms with Crippen molar-refractivity contribution in [3.05, 3.63) is 60.2 Å². The van der Waals surface area contributed by atoms with Crippen LogP contribution in [0.4, 0.5) is 5.69 Å². The van der Waals surface area contributed by atoms with Gasteiger partial charge in [-0.2, -0.15) is 0 Å². The summed E-state index contributed by atoms with van der Waals surface area (Å²) in [5, 5.41) is 24.2. The van der Waals surface area contributed by atoms with Gasteiger partial charge >= 0.3 is 0 Å². The van der Waals surface area contributed by atoms with Gasteiger partial charge in [-0.05, 0) is 43.8 Å². The lowest BCUT2D eigenvalue weighted by Gasteiger charge is -2.17. The number of carbonyl (C=O) groups is 1. The summed E-state index contributed by atoms with van der Waals surface area (Å²) in [5.74, 6) is 0.0785. The lowest BCUT2D eigenvalue weighted by atomic mass is 10.0. The number of rotatable bonds is 4. The van der Waals surface area contributed by atoms with E-state index in [0.29, 0.717) is 5.69 Å². The fraction of sp³-hybridized carbons (Fsp3) is 0.278. The second-order valence-electron chi connectivity index (χ2n) is 5.16. The number of amides is 1. The lowest BCUT2D eigenvalue weighted by molar-refractivity contribution is -0.114. The van der Waals surface area contributed by atoms with Crippen LogP contribution in [0.25, 0.3) is 0 Å². The van der Waals surface area contributed by atoms with Gasteiger partial charge < -0.3 is 20.8 Å². The third-order valence-electron chi connectivity index (χ3n) is 3.26. The van der Waals surface area contributed by atoms with E-state index >= 15 is 0 Å². The zero-order chi connectivity index (χ0) is 17.2. The molecular weight excluding hydrogens is 292 g/mol. The molecule has 0 aliphatic rings. The molecule has 0 saturated heterocycles. The van der Waals surface area contributed by atoms with Crippen LogP contribution < -0.4 is 10.6 Å². The zero-order valence-electron chi connectivity index (χ0n) is 13.7. The van der Waals surface area contributed by atoms with Crippen molar-refractivity contribution in [2.45, 2.75) is 26.0 Å². The van der Waals surface area contributed by atoms with Gasteiger partial charge in [0.2, 0.25) is 5.91 Å². The van der Waals surface area contributed by atoms with Gasteiger partial charge in [-0.3, -0.25) is 4.79 Å². The fourth-order valence-electron chi connectivity index (χ4n) is 1.84. The van der Waals surface area contributed by atoms with Crippen LogP contribution in [0.3, 0.4) is 0 Å². The van der Waals surface area contributed by atoms with Gasteiger partial charge in [0.05, 0.1) is 6.10 Å². The molecule has 0 aromatic heterocycles. The summed E-state index contributed by atoms with van der Waals surface area (Å²) >= 11 is 0. The molecule has 0 radical (unpaired) electrons. The van der Waals surface area contributed by atoms with Crippen LogP contribution in [-0.4, -0.2) is 29.2 Å². The Morgan fingerprint density at radius 3 is 2.09 bits per heavy atom. The Morgan fingerprint density at radius 2 is 1.61 bits per heavy atom. The molecule has 1 amide bonds. The number of phenolic OH excluding ortho intramolecular Hbond substituents is 1. The van der Waals surface area contributed by atoms with E-state index in [-0.39, 0.29) is 17.7 Å². The quantitative estimate of drug-likeness (QED) is 0.654. The number of hydrogen-bond acceptors (Lipinski definition) is 4. The summed E-state index contributed by atoms with van der Waals surface area (Å²) < 4.78 is 0. The van der Waals surface area contributed by atoms with Crippen molar-refractivity contribution in [1.82, 2.24) is 5.32 Å². The zero-order valence-corrected chi connectivity index (χ0v) is 13.7. The van der Waals surface area contributed by atoms with Gasteiger partial charge in [-0.15, -0.1) is 0 Å². The van der Waals surface area contributed by atoms with Gasteiger partial charge in [0.25, 0.3) is 0 Å². The molecule has 5 heteroatoms. The molecule has 0 saturated carbocycles. The van der Waals surface area contributed by atoms with E-state index in [1.807, 2.05) is 44.3 Å². The summed E-state index contributed by atoms with van der Waals surface area (Å²) in [5.41, 5.74) is 1.65. The topological polar surface area (TPSA) is 81.6 Å². The third kappa shape index (κ3) is 6.95. The first-order valence-electron chi connectivity index (χ1n) is 7.41. The molecular formula is C18H24N2O3. The molecule has 2 aromatic carbocycles. The number of phenols is 1. The van der Waals surface area contributed by atoms with Gasteiger partial charge in [-0.25, -0.2) is 0 Å². The normalized spacial score (nSPS) is 12.5. The molecule has 0 aliphatic carbocycles. The molecule has 5 nitrogen and oxygen atoms in total. The maximum atomic E-state index is 10.5. The Kier molecular flexibility index (Phi) is 7.80. The molecule has 2 aromatic rings. The Bertz CT molecular complexity index is 585. The molecule has 2 atom stereocenters. The highest BCUT2D eigenvalue weighted by Gasteiger charge is 2.12. The molecule has 0 aliphatic heterocycles. The van der Waals surface area contributed by atoms with E-state index in [0.717, 1.165) is 5.56 Å². The number of aliphatic hydroxyl groups excluding tert-OH is 1. The first-order chi connectivity index (χ1) is 10.9. The number of aromatic hydroxyl groups is 1. The van der Waals surface area contributed by atoms with E-state index in [1.54, 1.807) is 12.1 Å². The van der Waals surface area contributed by atoms with Crippen molar-refractivity contribution in [2.24, 2.45) is 0 Å². The molecule has 4 N–H and O–H groups in total. The van der Waals surface area contributed by atoms with Crippen molar-refractivity contribution in [2.75, 3.05) is 12.4 Å². The summed E-state index contributed by atoms with van der Waals surface area (Å²) in [7, 11) is 1.84. The second-order valence-corrected chi connectivity index (χ2v) is 5.16. The summed E-state index contributed by atoms with van der Waals surface area (Å²) in [6.07, 6.45) is -0.420. The first kappa shape index (κ1) is 18.7. The Hall–Kier alpha value is -2.37. The van der Waals surface area contributed by atoms with E-state index in [1.165, 1.54) is 19.1 Å². The highest BCUT2D eigenvalue weighted by atomic mass is 16.3. The maximum Gasteiger partial charge on any atom is 0.221 e. The van der Waals surface area contributed by atoms with Crippen LogP contribution in [0.15, 0.2) is 54.6 Å². The molecule has 0 heterocycles. The van der Waals surface area contributed by atoms with E-state index < -0.39 is 6.10 Å². The molecule has 124 valence electrons. The van der Waals surface area contributed by atoms with Crippen LogP contribution in [0, 0.1) is 0 Å². The molecule has 0 fully saturated rings. The fourth-order valence-corrected chi connectivity index (χ4v) is 1.84. The average molecular weight is 316 g/mol. The highest BCUT2D eigenvalue weighted by Crippen LogP contribution is 2.15. The number of aliphatic hydroxyl groups is 1. The smallest absolute Gasteiger partial charge is 0.221 e. The summed E-state index contributed by atoms with van der Waals surface area (Å²) in [6.45, 7) is 3.39. The summed E-state index contributed by atoms with van der Waals surface area (Å²) in [6, 6.07) is 16.1. The Morgan fingerprint density at radius 1 is 1.04 bits per heavy atom. The highest BCUT2D eigenvalue weighted by molar-refractivity contribution is 5.88. The molecule has 0 bridgehead atoms. The average Bonchev–Trinajstić information content (AvgIpc) is 2.56. The predicted octanol–water partition coefficient (Wildman–Crippen LogP) is 2.68. The minimum Gasteiger partial charge on any atom is -0.508 e. The van der Waals surface area contributed by atoms with E-state index in [4.69, 9.17) is 5.11 Å². The lowest BCUT2D eigenvalue weighted by Crippen LogP contribution is -2.28. The van der Waals surface area contributed by atoms with Crippen molar-refractivity contribution in [3.63, 3.8) is 0 Å². The van der Waals surface area contributed by atoms with Crippen molar-refractivity contribution >= 4 is 11.6 Å².